The molecule has 0 saturated heterocycles. The number of allylic oxidation sites excluding steroid dienone is 1. The smallest absolute Gasteiger partial charge is 1.00 e. The van der Waals surface area contributed by atoms with Gasteiger partial charge in [0, 0.05) is 0 Å². The van der Waals surface area contributed by atoms with Crippen LogP contribution in [0.3, 0.4) is 0 Å². The molecule has 7 heteroatoms. The average molecular weight is 231 g/mol. The van der Waals surface area contributed by atoms with Crippen molar-refractivity contribution in [1.29, 1.82) is 0 Å². The summed E-state index contributed by atoms with van der Waals surface area (Å²) in [6.07, 6.45) is 1.12. The second-order valence-corrected chi connectivity index (χ2v) is 5.10. The number of nitrogens with two attached hydrogens (primary N) is 1. The Kier molecular flexibility index (Phi) is 6.23. The first-order chi connectivity index (χ1) is 5.54. The predicted octanol–water partition coefficient (Wildman–Crippen LogP) is -2.59. The van der Waals surface area contributed by atoms with Gasteiger partial charge in [-0.25, -0.2) is 0 Å². The number of carbonyl (C=O) groups is 1. The minimum atomic E-state index is -4.51. The Hall–Kier alpha value is 0.120. The van der Waals surface area contributed by atoms with Crippen LogP contribution in [-0.4, -0.2) is 18.9 Å². The fourth-order valence-corrected chi connectivity index (χ4v) is 1.42. The number of hydrogen-bond acceptors (Lipinski definition) is 3. The molecule has 1 amide bonds. The second kappa shape index (κ2) is 5.27. The third-order valence-corrected chi connectivity index (χ3v) is 1.96. The molecule has 5 nitrogen and oxygen atoms in total. The summed E-state index contributed by atoms with van der Waals surface area (Å²) in [5, 5.41) is 0. The molecule has 0 aliphatic heterocycles. The number of amides is 1. The van der Waals surface area contributed by atoms with Gasteiger partial charge in [-0.1, -0.05) is 26.8 Å². The summed E-state index contributed by atoms with van der Waals surface area (Å²) in [5.74, 6) is -1.16. The molecule has 0 heterocycles. The molecule has 0 unspecified atom stereocenters. The molecule has 0 aromatic heterocycles. The summed E-state index contributed by atoms with van der Waals surface area (Å²) in [4.78, 5) is 9.87. The number of rotatable bonds is 2. The monoisotopic (exact) mass is 231 g/mol. The van der Waals surface area contributed by atoms with Crippen molar-refractivity contribution in [3.63, 3.8) is 0 Å². The van der Waals surface area contributed by atoms with Crippen LogP contribution in [0.2, 0.25) is 0 Å². The van der Waals surface area contributed by atoms with Crippen molar-refractivity contribution in [2.75, 3.05) is 0 Å². The molecule has 0 aliphatic carbocycles. The molecule has 3 N–H and O–H groups in total. The summed E-state index contributed by atoms with van der Waals surface area (Å²) in [7, 11) is -4.51. The molecule has 0 atom stereocenters. The van der Waals surface area contributed by atoms with Gasteiger partial charge in [0.1, 0.15) is 0 Å². The van der Waals surface area contributed by atoms with E-state index in [-0.39, 0.29) is 31.0 Å². The summed E-state index contributed by atoms with van der Waals surface area (Å²) in [6.45, 7) is 5.04. The molecular weight excluding hydrogens is 217 g/mol. The van der Waals surface area contributed by atoms with E-state index in [0.717, 1.165) is 6.08 Å². The van der Waals surface area contributed by atoms with Gasteiger partial charge in [-0.15, -0.1) is 0 Å². The zero-order valence-corrected chi connectivity index (χ0v) is 11.6. The van der Waals surface area contributed by atoms with E-state index in [9.17, 15) is 13.2 Å². The SMILES string of the molecule is CC(C)(C)C=C(C(N)=O)S(=O)(=O)O.[H-].[Na+]. The molecule has 14 heavy (non-hydrogen) atoms. The van der Waals surface area contributed by atoms with Gasteiger partial charge in [0.05, 0.1) is 0 Å². The zero-order valence-electron chi connectivity index (χ0n) is 9.73. The van der Waals surface area contributed by atoms with Crippen molar-refractivity contribution in [3.8, 4) is 0 Å². The van der Waals surface area contributed by atoms with E-state index in [4.69, 9.17) is 10.3 Å². The Balaban J connectivity index is -0.000000720. The van der Waals surface area contributed by atoms with E-state index in [1.54, 1.807) is 20.8 Å². The standard InChI is InChI=1S/C7H13NO4S.Na.H/c1-7(2,3)4-5(6(8)9)13(10,11)12;;/h4H,1-3H3,(H2,8,9)(H,10,11,12);;/q;+1;-1. The summed E-state index contributed by atoms with van der Waals surface area (Å²) < 4.78 is 29.9. The van der Waals surface area contributed by atoms with Crippen LogP contribution < -0.4 is 35.3 Å². The van der Waals surface area contributed by atoms with E-state index in [1.807, 2.05) is 0 Å². The maximum Gasteiger partial charge on any atom is 1.00 e. The molecule has 0 rings (SSSR count). The molecule has 0 aliphatic rings. The molecule has 0 aromatic rings. The summed E-state index contributed by atoms with van der Waals surface area (Å²) in [5.41, 5.74) is 4.24. The van der Waals surface area contributed by atoms with Crippen molar-refractivity contribution in [2.45, 2.75) is 20.8 Å². The first-order valence-electron chi connectivity index (χ1n) is 3.54. The third-order valence-electron chi connectivity index (χ3n) is 1.08. The maximum atomic E-state index is 10.6. The van der Waals surface area contributed by atoms with Gasteiger partial charge in [0.2, 0.25) is 0 Å². The van der Waals surface area contributed by atoms with Crippen molar-refractivity contribution in [2.24, 2.45) is 11.1 Å². The fraction of sp³-hybridized carbons (Fsp3) is 0.571. The average Bonchev–Trinajstić information content (AvgIpc) is 1.77. The Morgan fingerprint density at radius 2 is 1.79 bits per heavy atom. The van der Waals surface area contributed by atoms with Crippen LogP contribution in [0, 0.1) is 5.41 Å². The molecule has 0 radical (unpaired) electrons. The quantitative estimate of drug-likeness (QED) is 0.309. The van der Waals surface area contributed by atoms with Gasteiger partial charge in [-0.3, -0.25) is 9.35 Å². The van der Waals surface area contributed by atoms with Crippen molar-refractivity contribution in [1.82, 2.24) is 0 Å². The van der Waals surface area contributed by atoms with Gasteiger partial charge in [0.15, 0.2) is 4.91 Å². The Morgan fingerprint density at radius 1 is 1.43 bits per heavy atom. The van der Waals surface area contributed by atoms with E-state index in [0.29, 0.717) is 0 Å². The summed E-state index contributed by atoms with van der Waals surface area (Å²) >= 11 is 0. The fourth-order valence-electron chi connectivity index (χ4n) is 0.666. The van der Waals surface area contributed by atoms with Crippen LogP contribution in [-0.2, 0) is 14.9 Å². The molecule has 0 bridgehead atoms. The van der Waals surface area contributed by atoms with E-state index in [2.05, 4.69) is 0 Å². The Morgan fingerprint density at radius 3 is 1.86 bits per heavy atom. The van der Waals surface area contributed by atoms with Crippen molar-refractivity contribution >= 4 is 16.0 Å². The molecule has 0 spiro atoms. The topological polar surface area (TPSA) is 97.5 Å². The van der Waals surface area contributed by atoms with E-state index < -0.39 is 26.3 Å². The second-order valence-electron chi connectivity index (χ2n) is 3.71. The first kappa shape index (κ1) is 16.5. The van der Waals surface area contributed by atoms with Crippen molar-refractivity contribution < 1.29 is 48.7 Å². The molecule has 0 saturated carbocycles. The summed E-state index contributed by atoms with van der Waals surface area (Å²) in [6, 6.07) is 0. The first-order valence-corrected chi connectivity index (χ1v) is 4.98. The van der Waals surface area contributed by atoms with Gasteiger partial charge in [-0.05, 0) is 5.41 Å². The molecule has 78 valence electrons. The Bertz CT molecular complexity index is 344. The number of primary amides is 1. The predicted molar refractivity (Wildman–Crippen MR) is 49.4 cm³/mol. The van der Waals surface area contributed by atoms with Crippen LogP contribution in [0.5, 0.6) is 0 Å². The van der Waals surface area contributed by atoms with Crippen LogP contribution in [0.1, 0.15) is 22.2 Å². The number of hydrogen-bond donors (Lipinski definition) is 2. The van der Waals surface area contributed by atoms with Gasteiger partial charge in [-0.2, -0.15) is 8.42 Å². The largest absolute Gasteiger partial charge is 1.00 e. The minimum absolute atomic E-state index is 0. The van der Waals surface area contributed by atoms with Crippen LogP contribution in [0.25, 0.3) is 0 Å². The van der Waals surface area contributed by atoms with E-state index >= 15 is 0 Å². The zero-order chi connectivity index (χ0) is 10.9. The Labute approximate surface area is 107 Å². The molecule has 0 fully saturated rings. The van der Waals surface area contributed by atoms with E-state index in [1.165, 1.54) is 0 Å². The maximum absolute atomic E-state index is 10.6. The van der Waals surface area contributed by atoms with Crippen LogP contribution in [0.15, 0.2) is 11.0 Å². The van der Waals surface area contributed by atoms with Crippen LogP contribution >= 0.6 is 0 Å². The number of carbonyl (C=O) groups excluding carboxylic acids is 1. The van der Waals surface area contributed by atoms with Gasteiger partial charge >= 0.3 is 29.6 Å². The normalized spacial score (nSPS) is 13.3. The third kappa shape index (κ3) is 6.56. The van der Waals surface area contributed by atoms with Crippen LogP contribution in [0.4, 0.5) is 0 Å². The van der Waals surface area contributed by atoms with Gasteiger partial charge < -0.3 is 7.16 Å². The molecular formula is C7H14NNaO4S. The van der Waals surface area contributed by atoms with Gasteiger partial charge in [0.25, 0.3) is 16.0 Å². The molecule has 0 aromatic carbocycles. The van der Waals surface area contributed by atoms with Crippen molar-refractivity contribution in [3.05, 3.63) is 11.0 Å². The minimum Gasteiger partial charge on any atom is -1.00 e.